The van der Waals surface area contributed by atoms with Crippen LogP contribution in [0.3, 0.4) is 0 Å². The maximum atomic E-state index is 12.3. The maximum Gasteiger partial charge on any atom is 0.265 e. The number of hydroxylamine groups is 1. The highest BCUT2D eigenvalue weighted by atomic mass is 32.2. The van der Waals surface area contributed by atoms with Crippen molar-refractivity contribution in [1.29, 1.82) is 0 Å². The zero-order valence-corrected chi connectivity index (χ0v) is 11.0. The average Bonchev–Trinajstić information content (AvgIpc) is 2.29. The first kappa shape index (κ1) is 12.5. The van der Waals surface area contributed by atoms with E-state index in [0.717, 1.165) is 28.4 Å². The van der Waals surface area contributed by atoms with Crippen LogP contribution in [0.2, 0.25) is 0 Å². The van der Waals surface area contributed by atoms with Gasteiger partial charge in [0.1, 0.15) is 0 Å². The lowest BCUT2D eigenvalue weighted by Gasteiger charge is -2.25. The molecule has 1 aromatic carbocycles. The molecule has 0 amide bonds. The molecule has 1 saturated heterocycles. The summed E-state index contributed by atoms with van der Waals surface area (Å²) in [7, 11) is -3.50. The number of sulfonamides is 1. The molecule has 94 valence electrons. The van der Waals surface area contributed by atoms with Crippen molar-refractivity contribution in [3.63, 3.8) is 0 Å². The normalized spacial score (nSPS) is 18.2. The van der Waals surface area contributed by atoms with Gasteiger partial charge in [0.05, 0.1) is 11.5 Å². The molecule has 1 aromatic rings. The fourth-order valence-electron chi connectivity index (χ4n) is 1.96. The predicted octanol–water partition coefficient (Wildman–Crippen LogP) is 2.02. The molecule has 2 rings (SSSR count). The lowest BCUT2D eigenvalue weighted by Crippen LogP contribution is -2.35. The van der Waals surface area contributed by atoms with Gasteiger partial charge in [-0.05, 0) is 49.9 Å². The molecule has 1 fully saturated rings. The first-order chi connectivity index (χ1) is 8.00. The fraction of sp³-hybridized carbons (Fsp3) is 0.500. The average molecular weight is 255 g/mol. The van der Waals surface area contributed by atoms with Crippen LogP contribution in [0.1, 0.15) is 24.0 Å². The number of hydrogen-bond acceptors (Lipinski definition) is 3. The molecule has 17 heavy (non-hydrogen) atoms. The smallest absolute Gasteiger partial charge is 0.265 e. The second kappa shape index (κ2) is 4.76. The van der Waals surface area contributed by atoms with Crippen molar-refractivity contribution < 1.29 is 13.3 Å². The van der Waals surface area contributed by atoms with Crippen molar-refractivity contribution >= 4 is 10.0 Å². The van der Waals surface area contributed by atoms with Gasteiger partial charge in [-0.15, -0.1) is 0 Å². The lowest BCUT2D eigenvalue weighted by atomic mass is 10.2. The molecule has 0 radical (unpaired) electrons. The molecule has 0 aromatic heterocycles. The van der Waals surface area contributed by atoms with Gasteiger partial charge in [-0.2, -0.15) is 0 Å². The summed E-state index contributed by atoms with van der Waals surface area (Å²) in [6.45, 7) is 4.70. The lowest BCUT2D eigenvalue weighted by molar-refractivity contribution is -0.108. The van der Waals surface area contributed by atoms with E-state index >= 15 is 0 Å². The minimum absolute atomic E-state index is 0.317. The third-order valence-electron chi connectivity index (χ3n) is 2.73. The number of hydrogen-bond donors (Lipinski definition) is 0. The molecule has 4 nitrogen and oxygen atoms in total. The van der Waals surface area contributed by atoms with E-state index in [1.807, 2.05) is 19.9 Å². The minimum atomic E-state index is -3.50. The van der Waals surface area contributed by atoms with Crippen molar-refractivity contribution in [2.45, 2.75) is 31.6 Å². The van der Waals surface area contributed by atoms with Gasteiger partial charge >= 0.3 is 0 Å². The van der Waals surface area contributed by atoms with E-state index in [-0.39, 0.29) is 0 Å². The molecule has 1 aliphatic rings. The summed E-state index contributed by atoms with van der Waals surface area (Å²) in [6, 6.07) is 5.32. The van der Waals surface area contributed by atoms with Crippen LogP contribution >= 0.6 is 0 Å². The van der Waals surface area contributed by atoms with Crippen molar-refractivity contribution in [2.24, 2.45) is 0 Å². The Morgan fingerprint density at radius 2 is 1.76 bits per heavy atom. The van der Waals surface area contributed by atoms with Gasteiger partial charge in [-0.25, -0.2) is 8.42 Å². The van der Waals surface area contributed by atoms with Gasteiger partial charge in [-0.3, -0.25) is 4.84 Å². The molecule has 1 aliphatic heterocycles. The summed E-state index contributed by atoms with van der Waals surface area (Å²) in [5, 5.41) is 0. The Balaban J connectivity index is 2.36. The first-order valence-corrected chi connectivity index (χ1v) is 7.18. The Hall–Kier alpha value is -0.910. The van der Waals surface area contributed by atoms with E-state index in [0.29, 0.717) is 18.0 Å². The SMILES string of the molecule is Cc1cc(C)cc(S(=O)(=O)N2CCCCO2)c1. The second-order valence-electron chi connectivity index (χ2n) is 4.40. The van der Waals surface area contributed by atoms with Crippen molar-refractivity contribution in [3.05, 3.63) is 29.3 Å². The molecule has 0 unspecified atom stereocenters. The van der Waals surface area contributed by atoms with E-state index < -0.39 is 10.0 Å². The highest BCUT2D eigenvalue weighted by Gasteiger charge is 2.27. The van der Waals surface area contributed by atoms with E-state index in [4.69, 9.17) is 4.84 Å². The molecule has 0 spiro atoms. The van der Waals surface area contributed by atoms with Gasteiger partial charge in [0.15, 0.2) is 0 Å². The van der Waals surface area contributed by atoms with E-state index in [9.17, 15) is 8.42 Å². The van der Waals surface area contributed by atoms with Crippen LogP contribution in [0, 0.1) is 13.8 Å². The summed E-state index contributed by atoms with van der Waals surface area (Å²) in [4.78, 5) is 5.54. The van der Waals surface area contributed by atoms with Crippen LogP contribution in [0.15, 0.2) is 23.1 Å². The Morgan fingerprint density at radius 3 is 2.29 bits per heavy atom. The Labute approximate surface area is 102 Å². The molecule has 5 heteroatoms. The molecular weight excluding hydrogens is 238 g/mol. The van der Waals surface area contributed by atoms with Crippen LogP contribution < -0.4 is 0 Å². The third-order valence-corrected chi connectivity index (χ3v) is 4.39. The Kier molecular flexibility index (Phi) is 3.51. The molecule has 0 saturated carbocycles. The van der Waals surface area contributed by atoms with Gasteiger partial charge in [0.25, 0.3) is 10.0 Å². The van der Waals surface area contributed by atoms with Gasteiger partial charge in [0, 0.05) is 6.54 Å². The zero-order chi connectivity index (χ0) is 12.5. The monoisotopic (exact) mass is 255 g/mol. The van der Waals surface area contributed by atoms with Crippen LogP contribution in [0.4, 0.5) is 0 Å². The fourth-order valence-corrected chi connectivity index (χ4v) is 3.45. The van der Waals surface area contributed by atoms with Crippen LogP contribution in [0.5, 0.6) is 0 Å². The molecule has 1 heterocycles. The van der Waals surface area contributed by atoms with Crippen molar-refractivity contribution in [3.8, 4) is 0 Å². The number of nitrogens with zero attached hydrogens (tertiary/aromatic N) is 1. The Bertz CT molecular complexity index is 484. The standard InChI is InChI=1S/C12H17NO3S/c1-10-7-11(2)9-12(8-10)17(14,15)13-5-3-4-6-16-13/h7-9H,3-6H2,1-2H3. The summed E-state index contributed by atoms with van der Waals surface area (Å²) >= 11 is 0. The second-order valence-corrected chi connectivity index (χ2v) is 6.22. The largest absolute Gasteiger partial charge is 0.284 e. The molecule has 0 aliphatic carbocycles. The molecule has 0 bridgehead atoms. The van der Waals surface area contributed by atoms with Gasteiger partial charge in [0.2, 0.25) is 0 Å². The third kappa shape index (κ3) is 2.68. The topological polar surface area (TPSA) is 46.6 Å². The van der Waals surface area contributed by atoms with Crippen LogP contribution in [-0.2, 0) is 14.9 Å². The first-order valence-electron chi connectivity index (χ1n) is 5.74. The minimum Gasteiger partial charge on any atom is -0.284 e. The van der Waals surface area contributed by atoms with E-state index in [1.165, 1.54) is 0 Å². The summed E-state index contributed by atoms with van der Waals surface area (Å²) < 4.78 is 25.7. The summed E-state index contributed by atoms with van der Waals surface area (Å²) in [5.74, 6) is 0. The Morgan fingerprint density at radius 1 is 1.12 bits per heavy atom. The highest BCUT2D eigenvalue weighted by molar-refractivity contribution is 7.89. The summed E-state index contributed by atoms with van der Waals surface area (Å²) in [5.41, 5.74) is 1.89. The number of rotatable bonds is 2. The molecule has 0 N–H and O–H groups in total. The zero-order valence-electron chi connectivity index (χ0n) is 10.1. The van der Waals surface area contributed by atoms with Crippen molar-refractivity contribution in [1.82, 2.24) is 4.47 Å². The number of benzene rings is 1. The van der Waals surface area contributed by atoms with E-state index in [1.54, 1.807) is 12.1 Å². The van der Waals surface area contributed by atoms with Crippen LogP contribution in [-0.4, -0.2) is 26.0 Å². The van der Waals surface area contributed by atoms with E-state index in [2.05, 4.69) is 0 Å². The van der Waals surface area contributed by atoms with Crippen molar-refractivity contribution in [2.75, 3.05) is 13.2 Å². The summed E-state index contributed by atoms with van der Waals surface area (Å²) in [6.07, 6.45) is 1.77. The molecular formula is C12H17NO3S. The predicted molar refractivity (Wildman–Crippen MR) is 65.0 cm³/mol. The number of aryl methyl sites for hydroxylation is 2. The quantitative estimate of drug-likeness (QED) is 0.812. The van der Waals surface area contributed by atoms with Crippen LogP contribution in [0.25, 0.3) is 0 Å². The highest BCUT2D eigenvalue weighted by Crippen LogP contribution is 2.21. The van der Waals surface area contributed by atoms with Gasteiger partial charge in [-0.1, -0.05) is 10.5 Å². The maximum absolute atomic E-state index is 12.3. The van der Waals surface area contributed by atoms with Gasteiger partial charge < -0.3 is 0 Å². The molecule has 0 atom stereocenters.